The van der Waals surface area contributed by atoms with E-state index in [4.69, 9.17) is 23.9 Å². The number of pyridine rings is 1. The van der Waals surface area contributed by atoms with Gasteiger partial charge in [0.1, 0.15) is 0 Å². The summed E-state index contributed by atoms with van der Waals surface area (Å²) in [6.45, 7) is 9.45. The van der Waals surface area contributed by atoms with E-state index in [1.165, 1.54) is 0 Å². The van der Waals surface area contributed by atoms with Crippen molar-refractivity contribution < 1.29 is 28.8 Å². The summed E-state index contributed by atoms with van der Waals surface area (Å²) in [5, 5.41) is 11.1. The highest BCUT2D eigenvalue weighted by atomic mass is 16.5. The number of rotatable bonds is 9. The molecule has 0 amide bonds. The molecule has 0 bridgehead atoms. The average Bonchev–Trinajstić information content (AvgIpc) is 2.83. The third-order valence-electron chi connectivity index (χ3n) is 6.12. The van der Waals surface area contributed by atoms with Crippen LogP contribution in [0.3, 0.4) is 0 Å². The van der Waals surface area contributed by atoms with Crippen molar-refractivity contribution in [3.8, 4) is 34.1 Å². The van der Waals surface area contributed by atoms with Gasteiger partial charge >= 0.3 is 5.97 Å². The van der Waals surface area contributed by atoms with Gasteiger partial charge in [0.25, 0.3) is 0 Å². The van der Waals surface area contributed by atoms with Crippen LogP contribution in [-0.2, 0) is 6.54 Å². The van der Waals surface area contributed by atoms with Crippen molar-refractivity contribution in [2.45, 2.75) is 39.8 Å². The Morgan fingerprint density at radius 1 is 0.914 bits per heavy atom. The van der Waals surface area contributed by atoms with E-state index in [-0.39, 0.29) is 11.1 Å². The first kappa shape index (κ1) is 26.1. The maximum Gasteiger partial charge on any atom is 0.338 e. The van der Waals surface area contributed by atoms with E-state index in [9.17, 15) is 9.90 Å². The van der Waals surface area contributed by atoms with Crippen molar-refractivity contribution in [3.05, 3.63) is 41.6 Å². The number of benzene rings is 2. The van der Waals surface area contributed by atoms with Crippen LogP contribution < -0.4 is 18.9 Å². The first-order valence-corrected chi connectivity index (χ1v) is 11.4. The van der Waals surface area contributed by atoms with E-state index in [0.29, 0.717) is 57.3 Å². The Bertz CT molecular complexity index is 1230. The van der Waals surface area contributed by atoms with Gasteiger partial charge in [0, 0.05) is 29.1 Å². The molecule has 1 N–H and O–H groups in total. The van der Waals surface area contributed by atoms with Crippen LogP contribution in [0.25, 0.3) is 22.0 Å². The van der Waals surface area contributed by atoms with Crippen molar-refractivity contribution in [1.82, 2.24) is 9.88 Å². The summed E-state index contributed by atoms with van der Waals surface area (Å²) in [6, 6.07) is 8.91. The number of aromatic carboxylic acids is 1. The molecule has 0 unspecified atom stereocenters. The second kappa shape index (κ2) is 10.4. The van der Waals surface area contributed by atoms with Crippen molar-refractivity contribution in [2.75, 3.05) is 35.0 Å². The largest absolute Gasteiger partial charge is 0.493 e. The maximum atomic E-state index is 12.8. The number of hydrogen-bond acceptors (Lipinski definition) is 7. The Kier molecular flexibility index (Phi) is 7.75. The van der Waals surface area contributed by atoms with Crippen LogP contribution in [0.1, 0.15) is 43.7 Å². The third kappa shape index (κ3) is 5.12. The van der Waals surface area contributed by atoms with Gasteiger partial charge in [-0.25, -0.2) is 4.79 Å². The Morgan fingerprint density at radius 2 is 1.49 bits per heavy atom. The quantitative estimate of drug-likeness (QED) is 0.442. The van der Waals surface area contributed by atoms with Gasteiger partial charge in [0.05, 0.1) is 45.2 Å². The Hall–Kier alpha value is -3.52. The molecule has 1 heterocycles. The zero-order valence-corrected chi connectivity index (χ0v) is 21.7. The predicted octanol–water partition coefficient (Wildman–Crippen LogP) is 5.25. The third-order valence-corrected chi connectivity index (χ3v) is 6.12. The second-order valence-corrected chi connectivity index (χ2v) is 9.09. The Balaban J connectivity index is 2.46. The van der Waals surface area contributed by atoms with Crippen molar-refractivity contribution in [3.63, 3.8) is 0 Å². The number of nitrogens with zero attached hydrogens (tertiary/aromatic N) is 2. The molecule has 0 aliphatic carbocycles. The molecule has 1 aromatic heterocycles. The van der Waals surface area contributed by atoms with Crippen molar-refractivity contribution in [2.24, 2.45) is 0 Å². The molecule has 8 heteroatoms. The van der Waals surface area contributed by atoms with Crippen molar-refractivity contribution >= 4 is 16.9 Å². The number of carbonyl (C=O) groups is 1. The summed E-state index contributed by atoms with van der Waals surface area (Å²) >= 11 is 0. The molecule has 0 radical (unpaired) electrons. The highest BCUT2D eigenvalue weighted by Gasteiger charge is 2.28. The lowest BCUT2D eigenvalue weighted by molar-refractivity contribution is 0.0691. The van der Waals surface area contributed by atoms with Crippen LogP contribution in [0, 0.1) is 0 Å². The fourth-order valence-electron chi connectivity index (χ4n) is 4.28. The van der Waals surface area contributed by atoms with E-state index in [0.717, 1.165) is 6.54 Å². The molecular formula is C27H34N2O6. The fraction of sp³-hybridized carbons (Fsp3) is 0.407. The average molecular weight is 483 g/mol. The number of ether oxygens (including phenoxy) is 4. The molecule has 3 rings (SSSR count). The van der Waals surface area contributed by atoms with Gasteiger partial charge in [-0.2, -0.15) is 0 Å². The van der Waals surface area contributed by atoms with Crippen LogP contribution in [0.5, 0.6) is 23.0 Å². The molecule has 2 aromatic carbocycles. The standard InChI is InChI=1S/C27H34N2O6/c1-9-29(27(2,3)4)15-19-25(26(30)31)24(16-10-11-20(32-5)21(12-16)33-6)17-13-22(34-7)23(35-8)14-18(17)28-19/h10-14H,9,15H2,1-8H3,(H,30,31). The zero-order chi connectivity index (χ0) is 25.9. The van der Waals surface area contributed by atoms with E-state index < -0.39 is 5.97 Å². The maximum absolute atomic E-state index is 12.8. The molecule has 0 saturated heterocycles. The highest BCUT2D eigenvalue weighted by Crippen LogP contribution is 2.42. The molecule has 8 nitrogen and oxygen atoms in total. The summed E-state index contributed by atoms with van der Waals surface area (Å²) in [4.78, 5) is 19.8. The molecule has 0 aliphatic heterocycles. The van der Waals surface area contributed by atoms with Gasteiger partial charge < -0.3 is 24.1 Å². The lowest BCUT2D eigenvalue weighted by Crippen LogP contribution is -2.41. The Morgan fingerprint density at radius 3 is 2.00 bits per heavy atom. The summed E-state index contributed by atoms with van der Waals surface area (Å²) in [7, 11) is 6.21. The van der Waals surface area contributed by atoms with E-state index in [1.54, 1.807) is 52.7 Å². The van der Waals surface area contributed by atoms with Gasteiger partial charge in [-0.05, 0) is 51.1 Å². The minimum atomic E-state index is -1.06. The smallest absolute Gasteiger partial charge is 0.338 e. The highest BCUT2D eigenvalue weighted by molar-refractivity contribution is 6.08. The minimum Gasteiger partial charge on any atom is -0.493 e. The van der Waals surface area contributed by atoms with Gasteiger partial charge in [-0.3, -0.25) is 9.88 Å². The summed E-state index contributed by atoms with van der Waals surface area (Å²) in [6.07, 6.45) is 0. The molecule has 0 atom stereocenters. The molecule has 0 spiro atoms. The number of methoxy groups -OCH3 is 4. The molecule has 0 aliphatic rings. The number of aromatic nitrogens is 1. The molecule has 188 valence electrons. The lowest BCUT2D eigenvalue weighted by Gasteiger charge is -2.35. The van der Waals surface area contributed by atoms with Crippen molar-refractivity contribution in [1.29, 1.82) is 0 Å². The van der Waals surface area contributed by atoms with Crippen LogP contribution in [0.2, 0.25) is 0 Å². The normalized spacial score (nSPS) is 11.6. The SMILES string of the molecule is CCN(Cc1nc2cc(OC)c(OC)cc2c(-c2ccc(OC)c(OC)c2)c1C(=O)O)C(C)(C)C. The van der Waals surface area contributed by atoms with Crippen LogP contribution in [0.15, 0.2) is 30.3 Å². The van der Waals surface area contributed by atoms with Crippen LogP contribution in [-0.4, -0.2) is 61.5 Å². The number of carboxylic acid groups (broad SMARTS) is 1. The number of carboxylic acids is 1. The second-order valence-electron chi connectivity index (χ2n) is 9.09. The number of fused-ring (bicyclic) bond motifs is 1. The van der Waals surface area contributed by atoms with Gasteiger partial charge in [0.2, 0.25) is 0 Å². The van der Waals surface area contributed by atoms with E-state index in [2.05, 4.69) is 32.6 Å². The van der Waals surface area contributed by atoms with E-state index in [1.807, 2.05) is 6.07 Å². The summed E-state index contributed by atoms with van der Waals surface area (Å²) in [5.74, 6) is 0.994. The minimum absolute atomic E-state index is 0.139. The first-order chi connectivity index (χ1) is 16.6. The van der Waals surface area contributed by atoms with Gasteiger partial charge in [0.15, 0.2) is 23.0 Å². The molecular weight excluding hydrogens is 448 g/mol. The van der Waals surface area contributed by atoms with Crippen LogP contribution >= 0.6 is 0 Å². The van der Waals surface area contributed by atoms with Gasteiger partial charge in [-0.15, -0.1) is 0 Å². The topological polar surface area (TPSA) is 90.4 Å². The monoisotopic (exact) mass is 482 g/mol. The molecule has 0 saturated carbocycles. The molecule has 0 fully saturated rings. The summed E-state index contributed by atoms with van der Waals surface area (Å²) < 4.78 is 21.9. The van der Waals surface area contributed by atoms with Gasteiger partial charge in [-0.1, -0.05) is 13.0 Å². The Labute approximate surface area is 206 Å². The summed E-state index contributed by atoms with van der Waals surface area (Å²) in [5.41, 5.74) is 2.24. The lowest BCUT2D eigenvalue weighted by atomic mass is 9.92. The molecule has 3 aromatic rings. The molecule has 35 heavy (non-hydrogen) atoms. The van der Waals surface area contributed by atoms with E-state index >= 15 is 0 Å². The van der Waals surface area contributed by atoms with Crippen LogP contribution in [0.4, 0.5) is 0 Å². The predicted molar refractivity (Wildman–Crippen MR) is 136 cm³/mol. The zero-order valence-electron chi connectivity index (χ0n) is 21.7. The number of hydrogen-bond donors (Lipinski definition) is 1. The first-order valence-electron chi connectivity index (χ1n) is 11.4. The fourth-order valence-corrected chi connectivity index (χ4v) is 4.28.